The number of carbonyl (C=O) groups excluding carboxylic acids is 1. The molecule has 6 heteroatoms. The highest BCUT2D eigenvalue weighted by molar-refractivity contribution is 6.01. The number of ether oxygens (including phenoxy) is 1. The summed E-state index contributed by atoms with van der Waals surface area (Å²) in [7, 11) is 1.62. The lowest BCUT2D eigenvalue weighted by molar-refractivity contribution is 0.101. The molecule has 4 aromatic rings. The van der Waals surface area contributed by atoms with Crippen molar-refractivity contribution in [3.05, 3.63) is 90.3 Å². The van der Waals surface area contributed by atoms with E-state index in [1.54, 1.807) is 11.8 Å². The number of aryl methyl sites for hydroxylation is 1. The molecule has 150 valence electrons. The van der Waals surface area contributed by atoms with Gasteiger partial charge in [-0.15, -0.1) is 5.10 Å². The SMILES string of the molecule is CCc1ccc(NC(=O)c2nc(-c3ccccc3)n(-c3ccc(OC)cc3)n2)cc1. The molecule has 0 atom stereocenters. The number of aromatic nitrogens is 3. The van der Waals surface area contributed by atoms with E-state index in [1.807, 2.05) is 78.9 Å². The Labute approximate surface area is 175 Å². The van der Waals surface area contributed by atoms with Gasteiger partial charge in [0.25, 0.3) is 5.91 Å². The van der Waals surface area contributed by atoms with E-state index in [9.17, 15) is 4.79 Å². The summed E-state index contributed by atoms with van der Waals surface area (Å²) in [6.45, 7) is 2.09. The minimum Gasteiger partial charge on any atom is -0.497 e. The molecule has 4 rings (SSSR count). The largest absolute Gasteiger partial charge is 0.497 e. The number of methoxy groups -OCH3 is 1. The average Bonchev–Trinajstić information content (AvgIpc) is 3.26. The van der Waals surface area contributed by atoms with Crippen LogP contribution in [0.15, 0.2) is 78.9 Å². The number of carbonyl (C=O) groups is 1. The van der Waals surface area contributed by atoms with Crippen molar-refractivity contribution in [2.24, 2.45) is 0 Å². The van der Waals surface area contributed by atoms with E-state index in [2.05, 4.69) is 22.3 Å². The van der Waals surface area contributed by atoms with Gasteiger partial charge in [0, 0.05) is 11.3 Å². The summed E-state index contributed by atoms with van der Waals surface area (Å²) in [6.07, 6.45) is 0.947. The van der Waals surface area contributed by atoms with Gasteiger partial charge in [0.15, 0.2) is 5.82 Å². The Morgan fingerprint density at radius 2 is 1.67 bits per heavy atom. The van der Waals surface area contributed by atoms with Gasteiger partial charge < -0.3 is 10.1 Å². The van der Waals surface area contributed by atoms with Crippen LogP contribution in [0, 0.1) is 0 Å². The molecule has 0 fully saturated rings. The van der Waals surface area contributed by atoms with E-state index in [1.165, 1.54) is 5.56 Å². The van der Waals surface area contributed by atoms with Crippen LogP contribution in [0.5, 0.6) is 5.75 Å². The standard InChI is InChI=1S/C24H22N4O2/c1-3-17-9-11-19(12-10-17)25-24(29)22-26-23(18-7-5-4-6-8-18)28(27-22)20-13-15-21(30-2)16-14-20/h4-16H,3H2,1-2H3,(H,25,29). The van der Waals surface area contributed by atoms with Gasteiger partial charge in [0.05, 0.1) is 12.8 Å². The Hall–Kier alpha value is -3.93. The van der Waals surface area contributed by atoms with Crippen molar-refractivity contribution in [3.63, 3.8) is 0 Å². The number of benzene rings is 3. The zero-order chi connectivity index (χ0) is 20.9. The summed E-state index contributed by atoms with van der Waals surface area (Å²) < 4.78 is 6.91. The maximum Gasteiger partial charge on any atom is 0.295 e. The molecule has 0 spiro atoms. The number of nitrogens with one attached hydrogen (secondary N) is 1. The van der Waals surface area contributed by atoms with E-state index in [0.29, 0.717) is 11.5 Å². The molecule has 1 aromatic heterocycles. The smallest absolute Gasteiger partial charge is 0.295 e. The van der Waals surface area contributed by atoms with Gasteiger partial charge >= 0.3 is 0 Å². The first-order chi connectivity index (χ1) is 14.7. The Bertz CT molecular complexity index is 1130. The Morgan fingerprint density at radius 3 is 2.30 bits per heavy atom. The summed E-state index contributed by atoms with van der Waals surface area (Å²) in [5.41, 5.74) is 3.57. The fourth-order valence-electron chi connectivity index (χ4n) is 3.10. The van der Waals surface area contributed by atoms with Crippen molar-refractivity contribution in [3.8, 4) is 22.8 Å². The molecule has 0 saturated heterocycles. The van der Waals surface area contributed by atoms with Crippen LogP contribution in [0.4, 0.5) is 5.69 Å². The topological polar surface area (TPSA) is 69.0 Å². The van der Waals surface area contributed by atoms with Crippen molar-refractivity contribution in [1.29, 1.82) is 0 Å². The summed E-state index contributed by atoms with van der Waals surface area (Å²) in [4.78, 5) is 17.4. The van der Waals surface area contributed by atoms with Crippen molar-refractivity contribution in [1.82, 2.24) is 14.8 Å². The summed E-state index contributed by atoms with van der Waals surface area (Å²) in [5, 5.41) is 7.37. The van der Waals surface area contributed by atoms with Crippen LogP contribution in [0.25, 0.3) is 17.1 Å². The van der Waals surface area contributed by atoms with Gasteiger partial charge in [0.1, 0.15) is 5.75 Å². The van der Waals surface area contributed by atoms with E-state index < -0.39 is 0 Å². The van der Waals surface area contributed by atoms with Crippen LogP contribution in [0.3, 0.4) is 0 Å². The predicted molar refractivity (Wildman–Crippen MR) is 117 cm³/mol. The molecule has 3 aromatic carbocycles. The highest BCUT2D eigenvalue weighted by Crippen LogP contribution is 2.23. The summed E-state index contributed by atoms with van der Waals surface area (Å²) in [6, 6.07) is 24.9. The van der Waals surface area contributed by atoms with Crippen LogP contribution in [-0.2, 0) is 6.42 Å². The molecule has 1 heterocycles. The highest BCUT2D eigenvalue weighted by Gasteiger charge is 2.19. The lowest BCUT2D eigenvalue weighted by atomic mass is 10.1. The Kier molecular flexibility index (Phi) is 5.57. The first-order valence-electron chi connectivity index (χ1n) is 9.75. The second kappa shape index (κ2) is 8.61. The van der Waals surface area contributed by atoms with Gasteiger partial charge in [-0.05, 0) is 48.4 Å². The van der Waals surface area contributed by atoms with Crippen molar-refractivity contribution in [2.45, 2.75) is 13.3 Å². The van der Waals surface area contributed by atoms with E-state index >= 15 is 0 Å². The van der Waals surface area contributed by atoms with E-state index in [0.717, 1.165) is 23.4 Å². The molecule has 0 unspecified atom stereocenters. The minimum atomic E-state index is -0.358. The van der Waals surface area contributed by atoms with Gasteiger partial charge in [-0.1, -0.05) is 49.4 Å². The van der Waals surface area contributed by atoms with Gasteiger partial charge in [-0.2, -0.15) is 0 Å². The average molecular weight is 398 g/mol. The molecule has 0 aliphatic rings. The molecular weight excluding hydrogens is 376 g/mol. The van der Waals surface area contributed by atoms with Crippen LogP contribution in [-0.4, -0.2) is 27.8 Å². The third-order valence-electron chi connectivity index (χ3n) is 4.78. The first kappa shape index (κ1) is 19.4. The summed E-state index contributed by atoms with van der Waals surface area (Å²) in [5.74, 6) is 1.08. The number of nitrogens with zero attached hydrogens (tertiary/aromatic N) is 3. The molecule has 0 aliphatic carbocycles. The number of amides is 1. The fourth-order valence-corrected chi connectivity index (χ4v) is 3.10. The van der Waals surface area contributed by atoms with E-state index in [4.69, 9.17) is 4.74 Å². The number of hydrogen-bond acceptors (Lipinski definition) is 4. The molecule has 1 N–H and O–H groups in total. The second-order valence-corrected chi connectivity index (χ2v) is 6.74. The van der Waals surface area contributed by atoms with Gasteiger partial charge in [0.2, 0.25) is 5.82 Å². The zero-order valence-corrected chi connectivity index (χ0v) is 16.9. The molecule has 0 radical (unpaired) electrons. The summed E-state index contributed by atoms with van der Waals surface area (Å²) >= 11 is 0. The minimum absolute atomic E-state index is 0.101. The lowest BCUT2D eigenvalue weighted by Crippen LogP contribution is -2.14. The third kappa shape index (κ3) is 4.07. The number of hydrogen-bond donors (Lipinski definition) is 1. The lowest BCUT2D eigenvalue weighted by Gasteiger charge is -2.07. The number of rotatable bonds is 6. The van der Waals surface area contributed by atoms with Crippen molar-refractivity contribution in [2.75, 3.05) is 12.4 Å². The molecule has 1 amide bonds. The van der Waals surface area contributed by atoms with Gasteiger partial charge in [-0.3, -0.25) is 4.79 Å². The molecule has 0 saturated carbocycles. The Morgan fingerprint density at radius 1 is 0.967 bits per heavy atom. The van der Waals surface area contributed by atoms with Crippen LogP contribution >= 0.6 is 0 Å². The van der Waals surface area contributed by atoms with Crippen molar-refractivity contribution >= 4 is 11.6 Å². The van der Waals surface area contributed by atoms with E-state index in [-0.39, 0.29) is 11.7 Å². The molecular formula is C24H22N4O2. The normalized spacial score (nSPS) is 10.6. The molecule has 6 nitrogen and oxygen atoms in total. The van der Waals surface area contributed by atoms with Gasteiger partial charge in [-0.25, -0.2) is 9.67 Å². The quantitative estimate of drug-likeness (QED) is 0.509. The molecule has 0 aliphatic heterocycles. The van der Waals surface area contributed by atoms with Crippen LogP contribution in [0.1, 0.15) is 23.1 Å². The van der Waals surface area contributed by atoms with Crippen molar-refractivity contribution < 1.29 is 9.53 Å². The number of anilines is 1. The highest BCUT2D eigenvalue weighted by atomic mass is 16.5. The molecule has 30 heavy (non-hydrogen) atoms. The monoisotopic (exact) mass is 398 g/mol. The Balaban J connectivity index is 1.69. The fraction of sp³-hybridized carbons (Fsp3) is 0.125. The van der Waals surface area contributed by atoms with Crippen LogP contribution in [0.2, 0.25) is 0 Å². The predicted octanol–water partition coefficient (Wildman–Crippen LogP) is 4.76. The van der Waals surface area contributed by atoms with Crippen LogP contribution < -0.4 is 10.1 Å². The maximum absolute atomic E-state index is 12.8. The third-order valence-corrected chi connectivity index (χ3v) is 4.78. The molecule has 0 bridgehead atoms. The first-order valence-corrected chi connectivity index (χ1v) is 9.75. The zero-order valence-electron chi connectivity index (χ0n) is 16.9. The maximum atomic E-state index is 12.8. The second-order valence-electron chi connectivity index (χ2n) is 6.74.